The lowest BCUT2D eigenvalue weighted by Crippen LogP contribution is -2.47. The van der Waals surface area contributed by atoms with Crippen LogP contribution >= 0.6 is 0 Å². The van der Waals surface area contributed by atoms with Gasteiger partial charge in [-0.2, -0.15) is 0 Å². The summed E-state index contributed by atoms with van der Waals surface area (Å²) < 4.78 is 18.2. The monoisotopic (exact) mass is 425 g/mol. The van der Waals surface area contributed by atoms with Crippen LogP contribution in [0.4, 0.5) is 4.39 Å². The molecule has 0 saturated carbocycles. The molecular formula is C23H24FN3O4. The number of hydrogen-bond acceptors (Lipinski definition) is 6. The zero-order chi connectivity index (χ0) is 21.4. The number of nitrogens with zero attached hydrogens (tertiary/aromatic N) is 1. The van der Waals surface area contributed by atoms with Gasteiger partial charge in [0.1, 0.15) is 11.9 Å². The molecule has 0 radical (unpaired) electrons. The second-order valence-electron chi connectivity index (χ2n) is 8.39. The predicted molar refractivity (Wildman–Crippen MR) is 114 cm³/mol. The van der Waals surface area contributed by atoms with Crippen LogP contribution in [0.25, 0.3) is 16.8 Å². The van der Waals surface area contributed by atoms with Crippen molar-refractivity contribution in [2.45, 2.75) is 31.0 Å². The molecular weight excluding hydrogens is 401 g/mol. The topological polar surface area (TPSA) is 90.7 Å². The third-order valence-corrected chi connectivity index (χ3v) is 6.08. The molecule has 1 unspecified atom stereocenters. The van der Waals surface area contributed by atoms with Gasteiger partial charge in [0.05, 0.1) is 16.8 Å². The van der Waals surface area contributed by atoms with Gasteiger partial charge in [-0.3, -0.25) is 15.3 Å². The molecule has 0 amide bonds. The van der Waals surface area contributed by atoms with Crippen molar-refractivity contribution >= 4 is 16.8 Å². The highest BCUT2D eigenvalue weighted by Crippen LogP contribution is 2.28. The number of nitrogens with one attached hydrogen (secondary N) is 2. The number of aromatic nitrogens is 1. The SMILES string of the molecule is O=c1[nH]c2ccc(C3=CC(CN4CCC(O)(Cc5ccc(F)cc5)CC4)ON3)cc2o1. The van der Waals surface area contributed by atoms with E-state index in [0.29, 0.717) is 36.9 Å². The fourth-order valence-corrected chi connectivity index (χ4v) is 4.32. The first-order valence-corrected chi connectivity index (χ1v) is 10.4. The Hall–Kier alpha value is -2.94. The third-order valence-electron chi connectivity index (χ3n) is 6.08. The summed E-state index contributed by atoms with van der Waals surface area (Å²) >= 11 is 0. The number of aromatic amines is 1. The number of halogens is 1. The molecule has 0 aliphatic carbocycles. The van der Waals surface area contributed by atoms with Crippen molar-refractivity contribution in [2.75, 3.05) is 19.6 Å². The van der Waals surface area contributed by atoms with Crippen LogP contribution in [0.2, 0.25) is 0 Å². The zero-order valence-electron chi connectivity index (χ0n) is 16.9. The van der Waals surface area contributed by atoms with Crippen molar-refractivity contribution in [1.29, 1.82) is 0 Å². The van der Waals surface area contributed by atoms with Crippen LogP contribution in [0.3, 0.4) is 0 Å². The largest absolute Gasteiger partial charge is 0.417 e. The molecule has 1 atom stereocenters. The van der Waals surface area contributed by atoms with Crippen molar-refractivity contribution in [3.63, 3.8) is 0 Å². The van der Waals surface area contributed by atoms with E-state index < -0.39 is 11.4 Å². The Balaban J connectivity index is 1.18. The highest BCUT2D eigenvalue weighted by molar-refractivity contribution is 5.78. The molecule has 2 aromatic carbocycles. The summed E-state index contributed by atoms with van der Waals surface area (Å²) in [5, 5.41) is 10.9. The molecule has 7 nitrogen and oxygen atoms in total. The maximum Gasteiger partial charge on any atom is 0.417 e. The van der Waals surface area contributed by atoms with Crippen LogP contribution in [0.15, 0.2) is 57.8 Å². The highest BCUT2D eigenvalue weighted by Gasteiger charge is 2.33. The number of hydrogen-bond donors (Lipinski definition) is 3. The number of rotatable bonds is 5. The predicted octanol–water partition coefficient (Wildman–Crippen LogP) is 2.57. The Morgan fingerprint density at radius 3 is 2.71 bits per heavy atom. The van der Waals surface area contributed by atoms with Crippen LogP contribution in [-0.2, 0) is 11.3 Å². The Morgan fingerprint density at radius 1 is 1.16 bits per heavy atom. The second-order valence-corrected chi connectivity index (χ2v) is 8.39. The van der Waals surface area contributed by atoms with Crippen molar-refractivity contribution in [2.24, 2.45) is 0 Å². The van der Waals surface area contributed by atoms with Crippen LogP contribution < -0.4 is 11.2 Å². The highest BCUT2D eigenvalue weighted by atomic mass is 19.1. The van der Waals surface area contributed by atoms with Gasteiger partial charge in [0.25, 0.3) is 0 Å². The molecule has 1 aromatic heterocycles. The minimum atomic E-state index is -0.764. The van der Waals surface area contributed by atoms with Gasteiger partial charge in [0, 0.05) is 31.6 Å². The Kier molecular flexibility index (Phi) is 5.13. The minimum Gasteiger partial charge on any atom is -0.408 e. The molecule has 3 aromatic rings. The molecule has 3 N–H and O–H groups in total. The summed E-state index contributed by atoms with van der Waals surface area (Å²) in [6.07, 6.45) is 3.75. The Morgan fingerprint density at radius 2 is 1.94 bits per heavy atom. The first-order chi connectivity index (χ1) is 15.0. The molecule has 1 saturated heterocycles. The quantitative estimate of drug-likeness (QED) is 0.582. The van der Waals surface area contributed by atoms with E-state index in [2.05, 4.69) is 15.4 Å². The molecule has 0 spiro atoms. The second kappa shape index (κ2) is 7.96. The molecule has 0 bridgehead atoms. The van der Waals surface area contributed by atoms with Gasteiger partial charge in [-0.15, -0.1) is 0 Å². The molecule has 8 heteroatoms. The van der Waals surface area contributed by atoms with Gasteiger partial charge in [-0.05, 0) is 48.7 Å². The Bertz CT molecular complexity index is 1160. The summed E-state index contributed by atoms with van der Waals surface area (Å²) in [6.45, 7) is 2.24. The Labute approximate surface area is 178 Å². The van der Waals surface area contributed by atoms with Crippen molar-refractivity contribution < 1.29 is 18.8 Å². The van der Waals surface area contributed by atoms with E-state index in [9.17, 15) is 14.3 Å². The number of hydroxylamine groups is 1. The van der Waals surface area contributed by atoms with E-state index in [-0.39, 0.29) is 11.9 Å². The standard InChI is InChI=1S/C23H24FN3O4/c24-17-4-1-15(2-5-17)13-23(29)7-9-27(10-8-23)14-18-12-20(26-31-18)16-3-6-19-21(11-16)30-22(28)25-19/h1-6,11-12,18,26,29H,7-10,13-14H2,(H,25,28). The first kappa shape index (κ1) is 20.0. The number of aliphatic hydroxyl groups is 1. The van der Waals surface area contributed by atoms with Gasteiger partial charge in [0.2, 0.25) is 0 Å². The lowest BCUT2D eigenvalue weighted by atomic mass is 9.85. The average molecular weight is 425 g/mol. The molecule has 3 heterocycles. The molecule has 2 aliphatic rings. The van der Waals surface area contributed by atoms with Gasteiger partial charge in [-0.25, -0.2) is 9.18 Å². The third kappa shape index (κ3) is 4.41. The van der Waals surface area contributed by atoms with Gasteiger partial charge < -0.3 is 14.4 Å². The van der Waals surface area contributed by atoms with E-state index in [1.54, 1.807) is 24.3 Å². The van der Waals surface area contributed by atoms with Crippen LogP contribution in [0, 0.1) is 5.82 Å². The van der Waals surface area contributed by atoms with E-state index in [1.165, 1.54) is 12.1 Å². The van der Waals surface area contributed by atoms with Crippen molar-refractivity contribution in [1.82, 2.24) is 15.4 Å². The van der Waals surface area contributed by atoms with Crippen molar-refractivity contribution in [3.8, 4) is 0 Å². The zero-order valence-corrected chi connectivity index (χ0v) is 16.9. The number of fused-ring (bicyclic) bond motifs is 1. The lowest BCUT2D eigenvalue weighted by Gasteiger charge is -2.38. The minimum absolute atomic E-state index is 0.118. The summed E-state index contributed by atoms with van der Waals surface area (Å²) in [5.74, 6) is -0.736. The van der Waals surface area contributed by atoms with Crippen LogP contribution in [0.1, 0.15) is 24.0 Å². The average Bonchev–Trinajstić information content (AvgIpc) is 3.36. The molecule has 162 valence electrons. The van der Waals surface area contributed by atoms with Crippen LogP contribution in [-0.4, -0.2) is 46.3 Å². The van der Waals surface area contributed by atoms with E-state index in [1.807, 2.05) is 12.1 Å². The summed E-state index contributed by atoms with van der Waals surface area (Å²) in [6, 6.07) is 11.8. The molecule has 2 aliphatic heterocycles. The van der Waals surface area contributed by atoms with Crippen molar-refractivity contribution in [3.05, 3.63) is 76.0 Å². The normalized spacial score (nSPS) is 21.2. The first-order valence-electron chi connectivity index (χ1n) is 10.4. The maximum absolute atomic E-state index is 13.1. The number of piperidine rings is 1. The smallest absolute Gasteiger partial charge is 0.408 e. The van der Waals surface area contributed by atoms with Gasteiger partial charge in [0.15, 0.2) is 5.58 Å². The number of oxazole rings is 1. The number of likely N-dealkylation sites (tertiary alicyclic amines) is 1. The van der Waals surface area contributed by atoms with E-state index in [0.717, 1.165) is 29.9 Å². The van der Waals surface area contributed by atoms with Crippen LogP contribution in [0.5, 0.6) is 0 Å². The summed E-state index contributed by atoms with van der Waals surface area (Å²) in [4.78, 5) is 22.0. The molecule has 1 fully saturated rings. The maximum atomic E-state index is 13.1. The fourth-order valence-electron chi connectivity index (χ4n) is 4.32. The fraction of sp³-hybridized carbons (Fsp3) is 0.348. The van der Waals surface area contributed by atoms with Gasteiger partial charge >= 0.3 is 5.76 Å². The molecule has 5 rings (SSSR count). The van der Waals surface area contributed by atoms with E-state index in [4.69, 9.17) is 9.25 Å². The summed E-state index contributed by atoms with van der Waals surface area (Å²) in [7, 11) is 0. The number of benzene rings is 2. The van der Waals surface area contributed by atoms with E-state index >= 15 is 0 Å². The van der Waals surface area contributed by atoms with Gasteiger partial charge in [-0.1, -0.05) is 18.2 Å². The number of H-pyrrole nitrogens is 1. The lowest BCUT2D eigenvalue weighted by molar-refractivity contribution is -0.0362. The summed E-state index contributed by atoms with van der Waals surface area (Å²) in [5.41, 5.74) is 6.02. The molecule has 31 heavy (non-hydrogen) atoms.